The summed E-state index contributed by atoms with van der Waals surface area (Å²) in [7, 11) is 8.46. The second-order valence-electron chi connectivity index (χ2n) is 9.25. The van der Waals surface area contributed by atoms with Gasteiger partial charge in [0.15, 0.2) is 17.3 Å². The number of Topliss-reactive ketones (excluding diaryl/α,β-unsaturated/α-hetero) is 1. The lowest BCUT2D eigenvalue weighted by Gasteiger charge is -2.43. The Labute approximate surface area is 205 Å². The molecule has 0 bridgehead atoms. The second-order valence-corrected chi connectivity index (χ2v) is 9.25. The van der Waals surface area contributed by atoms with Crippen LogP contribution in [0.2, 0.25) is 0 Å². The molecule has 0 radical (unpaired) electrons. The van der Waals surface area contributed by atoms with E-state index >= 15 is 0 Å². The molecule has 7 heteroatoms. The summed E-state index contributed by atoms with van der Waals surface area (Å²) in [6, 6.07) is 9.41. The maximum Gasteiger partial charge on any atom is 0.205 e. The monoisotopic (exact) mass is 477 g/mol. The van der Waals surface area contributed by atoms with Crippen LogP contribution in [0.1, 0.15) is 23.1 Å². The van der Waals surface area contributed by atoms with Gasteiger partial charge in [0.2, 0.25) is 11.5 Å². The Bertz CT molecular complexity index is 1250. The highest BCUT2D eigenvalue weighted by atomic mass is 16.5. The van der Waals surface area contributed by atoms with Crippen molar-refractivity contribution in [3.05, 3.63) is 64.4 Å². The fraction of sp³-hybridized carbons (Fsp3) is 0.393. The van der Waals surface area contributed by atoms with Gasteiger partial charge in [-0.05, 0) is 54.8 Å². The number of aromatic hydroxyl groups is 1. The molecule has 0 heterocycles. The van der Waals surface area contributed by atoms with Crippen LogP contribution in [0, 0.1) is 11.8 Å². The van der Waals surface area contributed by atoms with Crippen LogP contribution < -0.4 is 14.2 Å². The first kappa shape index (κ1) is 23.3. The van der Waals surface area contributed by atoms with Gasteiger partial charge >= 0.3 is 0 Å². The molecular formula is C28H31NO6. The summed E-state index contributed by atoms with van der Waals surface area (Å²) < 4.78 is 22.7. The number of hydrogen-bond donors (Lipinski definition) is 1. The third-order valence-corrected chi connectivity index (χ3v) is 7.59. The van der Waals surface area contributed by atoms with Gasteiger partial charge in [0.1, 0.15) is 5.75 Å². The number of fused-ring (bicyclic) bond motifs is 5. The predicted molar refractivity (Wildman–Crippen MR) is 132 cm³/mol. The lowest BCUT2D eigenvalue weighted by molar-refractivity contribution is -0.121. The van der Waals surface area contributed by atoms with Crippen molar-refractivity contribution in [1.29, 1.82) is 0 Å². The standard InChI is InChI=1S/C28H31NO6/c1-29(14-16-8-6-7-9-19(16)30)18-11-10-15-12-21(33-3)27(34-4)28(35-5)22(15)23-17-13-20(32-2)26(31)24(17)25(18)23/h6-9,12-13,17-18,24,30H,10-11,14H2,1-5H3. The average Bonchev–Trinajstić information content (AvgIpc) is 3.04. The molecule has 1 N–H and O–H groups in total. The second kappa shape index (κ2) is 8.96. The Morgan fingerprint density at radius 2 is 1.77 bits per heavy atom. The van der Waals surface area contributed by atoms with Crippen LogP contribution in [0.15, 0.2) is 47.7 Å². The number of carbonyl (C=O) groups excluding carboxylic acids is 1. The predicted octanol–water partition coefficient (Wildman–Crippen LogP) is 3.98. The first-order chi connectivity index (χ1) is 16.9. The molecule has 3 aliphatic rings. The normalized spacial score (nSPS) is 22.5. The van der Waals surface area contributed by atoms with E-state index in [-0.39, 0.29) is 29.4 Å². The summed E-state index contributed by atoms with van der Waals surface area (Å²) in [6.07, 6.45) is 3.54. The fourth-order valence-corrected chi connectivity index (χ4v) is 6.00. The van der Waals surface area contributed by atoms with E-state index < -0.39 is 0 Å². The maximum atomic E-state index is 13.3. The van der Waals surface area contributed by atoms with Crippen molar-refractivity contribution in [2.75, 3.05) is 35.5 Å². The van der Waals surface area contributed by atoms with E-state index in [1.807, 2.05) is 37.4 Å². The van der Waals surface area contributed by atoms with Crippen LogP contribution in [-0.2, 0) is 22.5 Å². The molecule has 184 valence electrons. The largest absolute Gasteiger partial charge is 0.508 e. The number of likely N-dealkylation sites (N-methyl/N-ethyl adjacent to an activating group) is 1. The molecule has 3 atom stereocenters. The molecule has 3 aliphatic carbocycles. The van der Waals surface area contributed by atoms with E-state index in [1.165, 1.54) is 0 Å². The van der Waals surface area contributed by atoms with Gasteiger partial charge in [-0.3, -0.25) is 9.69 Å². The van der Waals surface area contributed by atoms with Crippen LogP contribution in [0.4, 0.5) is 0 Å². The zero-order valence-corrected chi connectivity index (χ0v) is 20.8. The van der Waals surface area contributed by atoms with Crippen molar-refractivity contribution in [3.63, 3.8) is 0 Å². The van der Waals surface area contributed by atoms with Crippen LogP contribution in [0.25, 0.3) is 5.57 Å². The van der Waals surface area contributed by atoms with Gasteiger partial charge in [-0.25, -0.2) is 0 Å². The Morgan fingerprint density at radius 3 is 2.43 bits per heavy atom. The van der Waals surface area contributed by atoms with Gasteiger partial charge in [0.25, 0.3) is 0 Å². The van der Waals surface area contributed by atoms with Gasteiger partial charge in [-0.1, -0.05) is 18.2 Å². The fourth-order valence-electron chi connectivity index (χ4n) is 6.00. The molecule has 0 aromatic heterocycles. The number of para-hydroxylation sites is 1. The van der Waals surface area contributed by atoms with E-state index in [0.29, 0.717) is 29.6 Å². The molecule has 7 nitrogen and oxygen atoms in total. The van der Waals surface area contributed by atoms with Crippen molar-refractivity contribution in [1.82, 2.24) is 4.90 Å². The minimum atomic E-state index is -0.250. The summed E-state index contributed by atoms with van der Waals surface area (Å²) >= 11 is 0. The number of nitrogens with zero attached hydrogens (tertiary/aromatic N) is 1. The number of carbonyl (C=O) groups is 1. The van der Waals surface area contributed by atoms with E-state index in [4.69, 9.17) is 18.9 Å². The number of rotatable bonds is 7. The highest BCUT2D eigenvalue weighted by Gasteiger charge is 2.54. The molecule has 0 saturated heterocycles. The first-order valence-corrected chi connectivity index (χ1v) is 11.8. The number of allylic oxidation sites excluding steroid dienone is 3. The zero-order valence-electron chi connectivity index (χ0n) is 20.8. The maximum absolute atomic E-state index is 13.3. The van der Waals surface area contributed by atoms with E-state index in [9.17, 15) is 9.90 Å². The smallest absolute Gasteiger partial charge is 0.205 e. The number of hydrogen-bond acceptors (Lipinski definition) is 7. The number of ether oxygens (including phenoxy) is 4. The first-order valence-electron chi connectivity index (χ1n) is 11.8. The summed E-state index contributed by atoms with van der Waals surface area (Å²) in [5, 5.41) is 10.4. The minimum absolute atomic E-state index is 0.00788. The van der Waals surface area contributed by atoms with Gasteiger partial charge in [0, 0.05) is 29.6 Å². The van der Waals surface area contributed by atoms with Gasteiger partial charge in [-0.15, -0.1) is 0 Å². The Balaban J connectivity index is 1.66. The number of phenolic OH excluding ortho intramolecular Hbond substituents is 1. The third kappa shape index (κ3) is 3.48. The molecular weight excluding hydrogens is 446 g/mol. The van der Waals surface area contributed by atoms with Crippen LogP contribution in [0.5, 0.6) is 23.0 Å². The lowest BCUT2D eigenvalue weighted by Crippen LogP contribution is -2.43. The molecule has 0 saturated carbocycles. The van der Waals surface area contributed by atoms with Gasteiger partial charge in [0.05, 0.1) is 34.4 Å². The Hall–Kier alpha value is -3.45. The average molecular weight is 478 g/mol. The SMILES string of the molecule is COC1=CC2C3=C(C2C1=O)C(N(C)Cc1ccccc1O)CCc1cc(OC)c(OC)c(OC)c13. The summed E-state index contributed by atoms with van der Waals surface area (Å²) in [5.74, 6) is 2.19. The van der Waals surface area contributed by atoms with E-state index in [1.54, 1.807) is 34.5 Å². The topological polar surface area (TPSA) is 77.5 Å². The highest BCUT2D eigenvalue weighted by molar-refractivity contribution is 6.08. The number of ketones is 1. The molecule has 0 amide bonds. The van der Waals surface area contributed by atoms with Crippen LogP contribution >= 0.6 is 0 Å². The number of aryl methyl sites for hydroxylation is 1. The quantitative estimate of drug-likeness (QED) is 0.646. The van der Waals surface area contributed by atoms with Gasteiger partial charge < -0.3 is 24.1 Å². The molecule has 0 aliphatic heterocycles. The van der Waals surface area contributed by atoms with E-state index in [2.05, 4.69) is 4.90 Å². The molecule has 35 heavy (non-hydrogen) atoms. The summed E-state index contributed by atoms with van der Waals surface area (Å²) in [5.41, 5.74) is 5.15. The van der Waals surface area contributed by atoms with Crippen LogP contribution in [0.3, 0.4) is 0 Å². The lowest BCUT2D eigenvalue weighted by atomic mass is 9.64. The third-order valence-electron chi connectivity index (χ3n) is 7.59. The molecule has 0 spiro atoms. The van der Waals surface area contributed by atoms with Crippen molar-refractivity contribution < 1.29 is 28.8 Å². The van der Waals surface area contributed by atoms with Crippen LogP contribution in [-0.4, -0.2) is 57.3 Å². The highest BCUT2D eigenvalue weighted by Crippen LogP contribution is 2.60. The van der Waals surface area contributed by atoms with E-state index in [0.717, 1.165) is 40.7 Å². The minimum Gasteiger partial charge on any atom is -0.508 e. The zero-order chi connectivity index (χ0) is 24.9. The van der Waals surface area contributed by atoms with Gasteiger partial charge in [-0.2, -0.15) is 0 Å². The number of methoxy groups -OCH3 is 4. The van der Waals surface area contributed by atoms with Crippen molar-refractivity contribution in [3.8, 4) is 23.0 Å². The number of benzene rings is 2. The molecule has 2 aromatic rings. The summed E-state index contributed by atoms with van der Waals surface area (Å²) in [6.45, 7) is 0.560. The van der Waals surface area contributed by atoms with Crippen molar-refractivity contribution in [2.24, 2.45) is 11.8 Å². The van der Waals surface area contributed by atoms with Crippen molar-refractivity contribution >= 4 is 11.4 Å². The van der Waals surface area contributed by atoms with Crippen molar-refractivity contribution in [2.45, 2.75) is 25.4 Å². The summed E-state index contributed by atoms with van der Waals surface area (Å²) in [4.78, 5) is 15.5. The Morgan fingerprint density at radius 1 is 1.03 bits per heavy atom. The molecule has 0 fully saturated rings. The molecule has 3 unspecified atom stereocenters. The molecule has 5 rings (SSSR count). The Kier molecular flexibility index (Phi) is 5.97. The molecule has 2 aromatic carbocycles. The number of phenols is 1.